The van der Waals surface area contributed by atoms with Gasteiger partial charge in [-0.25, -0.2) is 9.37 Å². The van der Waals surface area contributed by atoms with Crippen molar-refractivity contribution >= 4 is 40.0 Å². The second kappa shape index (κ2) is 5.30. The number of nitrogens with two attached hydrogens (primary N) is 1. The zero-order valence-corrected chi connectivity index (χ0v) is 11.3. The smallest absolute Gasteiger partial charge is 0.274 e. The van der Waals surface area contributed by atoms with Crippen molar-refractivity contribution in [3.63, 3.8) is 0 Å². The molecule has 0 aliphatic heterocycles. The number of hydrogen-bond acceptors (Lipinski definition) is 3. The number of nitrogen functional groups attached to an aromatic ring is 1. The molecule has 0 saturated carbocycles. The number of nitrogens with zero attached hydrogens (tertiary/aromatic N) is 1. The second-order valence-electron chi connectivity index (χ2n) is 3.53. The number of carbonyl (C=O) groups is 1. The quantitative estimate of drug-likeness (QED) is 0.813. The third kappa shape index (κ3) is 2.95. The van der Waals surface area contributed by atoms with Gasteiger partial charge in [0, 0.05) is 3.57 Å². The van der Waals surface area contributed by atoms with E-state index in [4.69, 9.17) is 5.73 Å². The van der Waals surface area contributed by atoms with E-state index in [0.29, 0.717) is 9.26 Å². The Bertz CT molecular complexity index is 604. The molecule has 0 spiro atoms. The SMILES string of the molecule is Nc1cccc(C(=O)Nc2ccc(F)cc2I)n1. The predicted octanol–water partition coefficient (Wildman–Crippen LogP) is 2.66. The fraction of sp³-hybridized carbons (Fsp3) is 0. The summed E-state index contributed by atoms with van der Waals surface area (Å²) in [6.45, 7) is 0. The number of carbonyl (C=O) groups excluding carboxylic acids is 1. The van der Waals surface area contributed by atoms with Crippen LogP contribution in [0.2, 0.25) is 0 Å². The summed E-state index contributed by atoms with van der Waals surface area (Å²) >= 11 is 1.95. The summed E-state index contributed by atoms with van der Waals surface area (Å²) in [5.41, 5.74) is 6.25. The first-order valence-electron chi connectivity index (χ1n) is 5.05. The first-order chi connectivity index (χ1) is 8.56. The van der Waals surface area contributed by atoms with E-state index >= 15 is 0 Å². The summed E-state index contributed by atoms with van der Waals surface area (Å²) in [5, 5.41) is 2.65. The highest BCUT2D eigenvalue weighted by Crippen LogP contribution is 2.19. The first-order valence-corrected chi connectivity index (χ1v) is 6.13. The Labute approximate surface area is 117 Å². The minimum atomic E-state index is -0.383. The number of hydrogen-bond donors (Lipinski definition) is 2. The molecule has 18 heavy (non-hydrogen) atoms. The maximum atomic E-state index is 12.9. The highest BCUT2D eigenvalue weighted by atomic mass is 127. The predicted molar refractivity (Wildman–Crippen MR) is 75.7 cm³/mol. The van der Waals surface area contributed by atoms with Crippen LogP contribution in [0.3, 0.4) is 0 Å². The number of pyridine rings is 1. The summed E-state index contributed by atoms with van der Waals surface area (Å²) in [5.74, 6) is -0.456. The van der Waals surface area contributed by atoms with Gasteiger partial charge in [-0.05, 0) is 52.9 Å². The van der Waals surface area contributed by atoms with Crippen LogP contribution in [-0.4, -0.2) is 10.9 Å². The number of aromatic nitrogens is 1. The molecule has 92 valence electrons. The fourth-order valence-electron chi connectivity index (χ4n) is 1.36. The molecule has 0 fully saturated rings. The molecule has 0 bridgehead atoms. The minimum absolute atomic E-state index is 0.218. The van der Waals surface area contributed by atoms with Gasteiger partial charge in [0.1, 0.15) is 17.3 Å². The number of nitrogens with one attached hydrogen (secondary N) is 1. The van der Waals surface area contributed by atoms with Crippen molar-refractivity contribution in [3.05, 3.63) is 51.5 Å². The maximum absolute atomic E-state index is 12.9. The van der Waals surface area contributed by atoms with E-state index in [2.05, 4.69) is 10.3 Å². The third-order valence-corrected chi connectivity index (χ3v) is 3.08. The van der Waals surface area contributed by atoms with Gasteiger partial charge < -0.3 is 11.1 Å². The van der Waals surface area contributed by atoms with E-state index in [1.54, 1.807) is 18.2 Å². The molecular weight excluding hydrogens is 348 g/mol. The van der Waals surface area contributed by atoms with Gasteiger partial charge in [-0.3, -0.25) is 4.79 Å². The molecule has 6 heteroatoms. The Balaban J connectivity index is 2.21. The second-order valence-corrected chi connectivity index (χ2v) is 4.69. The Morgan fingerprint density at radius 2 is 2.11 bits per heavy atom. The van der Waals surface area contributed by atoms with E-state index < -0.39 is 0 Å². The monoisotopic (exact) mass is 357 g/mol. The topological polar surface area (TPSA) is 68.0 Å². The highest BCUT2D eigenvalue weighted by molar-refractivity contribution is 14.1. The molecule has 2 aromatic rings. The summed E-state index contributed by atoms with van der Waals surface area (Å²) in [4.78, 5) is 15.8. The van der Waals surface area contributed by atoms with Crippen molar-refractivity contribution < 1.29 is 9.18 Å². The van der Waals surface area contributed by atoms with Crippen molar-refractivity contribution in [2.24, 2.45) is 0 Å². The van der Waals surface area contributed by atoms with Crippen LogP contribution in [0.15, 0.2) is 36.4 Å². The minimum Gasteiger partial charge on any atom is -0.384 e. The lowest BCUT2D eigenvalue weighted by Crippen LogP contribution is -2.15. The average Bonchev–Trinajstić information content (AvgIpc) is 2.32. The first kappa shape index (κ1) is 12.7. The Morgan fingerprint density at radius 1 is 1.33 bits per heavy atom. The third-order valence-electron chi connectivity index (χ3n) is 2.18. The summed E-state index contributed by atoms with van der Waals surface area (Å²) in [6.07, 6.45) is 0. The Kier molecular flexibility index (Phi) is 3.75. The largest absolute Gasteiger partial charge is 0.384 e. The zero-order chi connectivity index (χ0) is 13.1. The summed E-state index contributed by atoms with van der Waals surface area (Å²) < 4.78 is 13.5. The number of rotatable bonds is 2. The van der Waals surface area contributed by atoms with Gasteiger partial charge in [0.05, 0.1) is 5.69 Å². The van der Waals surface area contributed by atoms with Gasteiger partial charge in [-0.1, -0.05) is 6.07 Å². The number of anilines is 2. The van der Waals surface area contributed by atoms with Gasteiger partial charge in [0.25, 0.3) is 5.91 Å². The molecule has 0 saturated heterocycles. The van der Waals surface area contributed by atoms with Crippen molar-refractivity contribution in [1.29, 1.82) is 0 Å². The molecule has 0 unspecified atom stereocenters. The van der Waals surface area contributed by atoms with E-state index in [0.717, 1.165) is 0 Å². The molecule has 1 aromatic carbocycles. The zero-order valence-electron chi connectivity index (χ0n) is 9.15. The molecule has 2 rings (SSSR count). The standard InChI is InChI=1S/C12H9FIN3O/c13-7-4-5-9(8(14)6-7)17-12(18)10-2-1-3-11(15)16-10/h1-6H,(H2,15,16)(H,17,18). The lowest BCUT2D eigenvalue weighted by Gasteiger charge is -2.07. The summed E-state index contributed by atoms with van der Waals surface area (Å²) in [6, 6.07) is 8.92. The molecular formula is C12H9FIN3O. The lowest BCUT2D eigenvalue weighted by molar-refractivity contribution is 0.102. The lowest BCUT2D eigenvalue weighted by atomic mass is 10.3. The van der Waals surface area contributed by atoms with Crippen LogP contribution in [0, 0.1) is 9.39 Å². The number of halogens is 2. The van der Waals surface area contributed by atoms with E-state index in [1.807, 2.05) is 22.6 Å². The Hall–Kier alpha value is -1.70. The molecule has 0 radical (unpaired) electrons. The van der Waals surface area contributed by atoms with Crippen LogP contribution >= 0.6 is 22.6 Å². The van der Waals surface area contributed by atoms with Crippen LogP contribution in [0.4, 0.5) is 15.9 Å². The molecule has 1 heterocycles. The Morgan fingerprint density at radius 3 is 2.78 bits per heavy atom. The van der Waals surface area contributed by atoms with Gasteiger partial charge in [0.2, 0.25) is 0 Å². The van der Waals surface area contributed by atoms with Crippen molar-refractivity contribution in [3.8, 4) is 0 Å². The van der Waals surface area contributed by atoms with Crippen molar-refractivity contribution in [2.45, 2.75) is 0 Å². The van der Waals surface area contributed by atoms with Gasteiger partial charge >= 0.3 is 0 Å². The normalized spacial score (nSPS) is 10.1. The van der Waals surface area contributed by atoms with Crippen LogP contribution in [0.1, 0.15) is 10.5 Å². The van der Waals surface area contributed by atoms with Gasteiger partial charge in [-0.2, -0.15) is 0 Å². The molecule has 1 amide bonds. The van der Waals surface area contributed by atoms with Crippen molar-refractivity contribution in [2.75, 3.05) is 11.1 Å². The molecule has 1 aromatic heterocycles. The van der Waals surface area contributed by atoms with E-state index in [1.165, 1.54) is 18.2 Å². The maximum Gasteiger partial charge on any atom is 0.274 e. The van der Waals surface area contributed by atoms with Crippen LogP contribution in [-0.2, 0) is 0 Å². The summed E-state index contributed by atoms with van der Waals surface area (Å²) in [7, 11) is 0. The van der Waals surface area contributed by atoms with Crippen LogP contribution in [0.5, 0.6) is 0 Å². The number of benzene rings is 1. The van der Waals surface area contributed by atoms with E-state index in [-0.39, 0.29) is 23.2 Å². The van der Waals surface area contributed by atoms with Gasteiger partial charge in [-0.15, -0.1) is 0 Å². The molecule has 4 nitrogen and oxygen atoms in total. The van der Waals surface area contributed by atoms with Crippen LogP contribution in [0.25, 0.3) is 0 Å². The molecule has 0 aliphatic carbocycles. The number of amides is 1. The fourth-order valence-corrected chi connectivity index (χ4v) is 1.97. The van der Waals surface area contributed by atoms with E-state index in [9.17, 15) is 9.18 Å². The molecule has 0 aliphatic rings. The van der Waals surface area contributed by atoms with Crippen molar-refractivity contribution in [1.82, 2.24) is 4.98 Å². The van der Waals surface area contributed by atoms with Gasteiger partial charge in [0.15, 0.2) is 0 Å². The molecule has 0 atom stereocenters. The highest BCUT2D eigenvalue weighted by Gasteiger charge is 2.10. The molecule has 3 N–H and O–H groups in total. The van der Waals surface area contributed by atoms with Crippen LogP contribution < -0.4 is 11.1 Å². The average molecular weight is 357 g/mol.